The van der Waals surface area contributed by atoms with Crippen molar-refractivity contribution in [2.45, 2.75) is 264 Å². The average Bonchev–Trinajstić information content (AvgIpc) is 3.24. The molecule has 0 fully saturated rings. The van der Waals surface area contributed by atoms with Gasteiger partial charge in [-0.1, -0.05) is 224 Å². The molecule has 3 unspecified atom stereocenters. The van der Waals surface area contributed by atoms with Gasteiger partial charge in [0, 0.05) is 6.42 Å². The Bertz CT molecular complexity index is 1120. The number of allylic oxidation sites excluding steroid dienone is 5. The molecule has 2 N–H and O–H groups in total. The minimum atomic E-state index is -4.60. The summed E-state index contributed by atoms with van der Waals surface area (Å²) in [7, 11) is 1.25. The molecule has 0 heterocycles. The summed E-state index contributed by atoms with van der Waals surface area (Å²) in [6, 6.07) is -0.903. The number of rotatable bonds is 49. The predicted molar refractivity (Wildman–Crippen MR) is 270 cm³/mol. The van der Waals surface area contributed by atoms with Gasteiger partial charge in [-0.05, 0) is 57.8 Å². The minimum Gasteiger partial charge on any atom is -0.756 e. The van der Waals surface area contributed by atoms with Crippen LogP contribution >= 0.6 is 7.82 Å². The Balaban J connectivity index is 4.32. The van der Waals surface area contributed by atoms with Crippen LogP contribution in [0.4, 0.5) is 0 Å². The van der Waals surface area contributed by atoms with Crippen molar-refractivity contribution < 1.29 is 32.9 Å². The molecule has 0 aliphatic heterocycles. The Hall–Kier alpha value is -1.28. The molecular weight excluding hydrogens is 804 g/mol. The zero-order chi connectivity index (χ0) is 46.4. The summed E-state index contributed by atoms with van der Waals surface area (Å²) in [6.07, 6.45) is 57.8. The SMILES string of the molecule is CCCCCCCCCC/C=C\CCCCCCCCCCCC(=O)NC(COP(=O)([O-])OCC[N+](C)(C)C)C(O)/C=C/CC/C=C/CCCCCCCCCCCCCCCC. The van der Waals surface area contributed by atoms with Crippen LogP contribution in [0.15, 0.2) is 36.5 Å². The second-order valence-electron chi connectivity index (χ2n) is 19.6. The van der Waals surface area contributed by atoms with E-state index in [1.165, 1.54) is 193 Å². The molecule has 0 saturated heterocycles. The van der Waals surface area contributed by atoms with Crippen LogP contribution in [-0.4, -0.2) is 68.5 Å². The van der Waals surface area contributed by atoms with E-state index in [0.717, 1.165) is 38.5 Å². The summed E-state index contributed by atoms with van der Waals surface area (Å²) in [5.74, 6) is -0.207. The van der Waals surface area contributed by atoms with Crippen LogP contribution in [0.3, 0.4) is 0 Å². The molecule has 0 aromatic rings. The highest BCUT2D eigenvalue weighted by Crippen LogP contribution is 2.38. The summed E-state index contributed by atoms with van der Waals surface area (Å²) >= 11 is 0. The van der Waals surface area contributed by atoms with Crippen molar-refractivity contribution in [3.63, 3.8) is 0 Å². The molecule has 9 heteroatoms. The quantitative estimate of drug-likeness (QED) is 0.0272. The zero-order valence-electron chi connectivity index (χ0n) is 42.3. The lowest BCUT2D eigenvalue weighted by atomic mass is 10.0. The summed E-state index contributed by atoms with van der Waals surface area (Å²) in [6.45, 7) is 4.65. The highest BCUT2D eigenvalue weighted by molar-refractivity contribution is 7.45. The summed E-state index contributed by atoms with van der Waals surface area (Å²) in [4.78, 5) is 25.4. The molecule has 0 spiro atoms. The summed E-state index contributed by atoms with van der Waals surface area (Å²) in [5, 5.41) is 13.8. The van der Waals surface area contributed by atoms with Crippen molar-refractivity contribution in [1.82, 2.24) is 5.32 Å². The Morgan fingerprint density at radius 3 is 1.29 bits per heavy atom. The lowest BCUT2D eigenvalue weighted by Gasteiger charge is -2.29. The van der Waals surface area contributed by atoms with Crippen molar-refractivity contribution in [3.8, 4) is 0 Å². The first-order valence-corrected chi connectivity index (χ1v) is 28.3. The number of likely N-dealkylation sites (N-methyl/N-ethyl adjacent to an activating group) is 1. The van der Waals surface area contributed by atoms with E-state index >= 15 is 0 Å². The molecule has 372 valence electrons. The van der Waals surface area contributed by atoms with E-state index in [2.05, 4.69) is 43.5 Å². The van der Waals surface area contributed by atoms with Crippen LogP contribution < -0.4 is 10.2 Å². The van der Waals surface area contributed by atoms with Gasteiger partial charge in [-0.25, -0.2) is 0 Å². The molecule has 0 aromatic carbocycles. The number of amides is 1. The highest BCUT2D eigenvalue weighted by Gasteiger charge is 2.23. The molecule has 0 bridgehead atoms. The topological polar surface area (TPSA) is 108 Å². The third-order valence-electron chi connectivity index (χ3n) is 12.1. The van der Waals surface area contributed by atoms with Crippen LogP contribution in [0.5, 0.6) is 0 Å². The summed E-state index contributed by atoms with van der Waals surface area (Å²) < 4.78 is 23.3. The first kappa shape index (κ1) is 61.7. The molecule has 63 heavy (non-hydrogen) atoms. The average molecular weight is 909 g/mol. The van der Waals surface area contributed by atoms with E-state index in [1.807, 2.05) is 27.2 Å². The van der Waals surface area contributed by atoms with E-state index in [0.29, 0.717) is 17.4 Å². The maximum absolute atomic E-state index is 12.9. The lowest BCUT2D eigenvalue weighted by Crippen LogP contribution is -2.45. The van der Waals surface area contributed by atoms with E-state index in [4.69, 9.17) is 9.05 Å². The fraction of sp³-hybridized carbons (Fsp3) is 0.870. The largest absolute Gasteiger partial charge is 0.756 e. The summed E-state index contributed by atoms with van der Waals surface area (Å²) in [5.41, 5.74) is 0. The number of phosphoric ester groups is 1. The van der Waals surface area contributed by atoms with Gasteiger partial charge in [-0.2, -0.15) is 0 Å². The first-order valence-electron chi connectivity index (χ1n) is 26.9. The molecule has 0 aromatic heterocycles. The van der Waals surface area contributed by atoms with Gasteiger partial charge in [0.05, 0.1) is 39.9 Å². The zero-order valence-corrected chi connectivity index (χ0v) is 43.2. The van der Waals surface area contributed by atoms with Crippen LogP contribution in [0.25, 0.3) is 0 Å². The van der Waals surface area contributed by atoms with E-state index in [1.54, 1.807) is 6.08 Å². The fourth-order valence-electron chi connectivity index (χ4n) is 7.81. The molecule has 0 saturated carbocycles. The number of carbonyl (C=O) groups is 1. The molecule has 0 radical (unpaired) electrons. The molecular formula is C54H105N2O6P. The maximum Gasteiger partial charge on any atom is 0.268 e. The normalized spacial score (nSPS) is 14.3. The van der Waals surface area contributed by atoms with Crippen molar-refractivity contribution in [1.29, 1.82) is 0 Å². The third-order valence-corrected chi connectivity index (χ3v) is 13.0. The van der Waals surface area contributed by atoms with Crippen molar-refractivity contribution in [3.05, 3.63) is 36.5 Å². The number of hydrogen-bond acceptors (Lipinski definition) is 6. The molecule has 3 atom stereocenters. The van der Waals surface area contributed by atoms with Crippen LogP contribution in [0.2, 0.25) is 0 Å². The van der Waals surface area contributed by atoms with Gasteiger partial charge in [0.2, 0.25) is 5.91 Å². The number of aliphatic hydroxyl groups is 1. The van der Waals surface area contributed by atoms with Gasteiger partial charge in [0.1, 0.15) is 13.2 Å². The highest BCUT2D eigenvalue weighted by atomic mass is 31.2. The first-order chi connectivity index (χ1) is 30.5. The van der Waals surface area contributed by atoms with E-state index < -0.39 is 26.6 Å². The van der Waals surface area contributed by atoms with Crippen LogP contribution in [-0.2, 0) is 18.4 Å². The minimum absolute atomic E-state index is 0.00620. The van der Waals surface area contributed by atoms with Gasteiger partial charge >= 0.3 is 0 Å². The maximum atomic E-state index is 12.9. The number of nitrogens with one attached hydrogen (secondary N) is 1. The monoisotopic (exact) mass is 909 g/mol. The molecule has 1 amide bonds. The number of quaternary nitrogens is 1. The number of nitrogens with zero attached hydrogens (tertiary/aromatic N) is 1. The van der Waals surface area contributed by atoms with Gasteiger partial charge in [0.25, 0.3) is 7.82 Å². The number of unbranched alkanes of at least 4 members (excludes halogenated alkanes) is 32. The Morgan fingerprint density at radius 1 is 0.540 bits per heavy atom. The molecule has 8 nitrogen and oxygen atoms in total. The molecule has 0 aliphatic rings. The Kier molecular flexibility index (Phi) is 44.9. The van der Waals surface area contributed by atoms with Gasteiger partial charge in [-0.15, -0.1) is 0 Å². The van der Waals surface area contributed by atoms with Crippen molar-refractivity contribution in [2.75, 3.05) is 40.9 Å². The van der Waals surface area contributed by atoms with Crippen molar-refractivity contribution >= 4 is 13.7 Å². The number of phosphoric acid groups is 1. The molecule has 0 rings (SSSR count). The van der Waals surface area contributed by atoms with Crippen molar-refractivity contribution in [2.24, 2.45) is 0 Å². The fourth-order valence-corrected chi connectivity index (χ4v) is 8.53. The van der Waals surface area contributed by atoms with Crippen LogP contribution in [0, 0.1) is 0 Å². The number of carbonyl (C=O) groups excluding carboxylic acids is 1. The van der Waals surface area contributed by atoms with Gasteiger partial charge in [-0.3, -0.25) is 9.36 Å². The van der Waals surface area contributed by atoms with Crippen LogP contribution in [0.1, 0.15) is 251 Å². The van der Waals surface area contributed by atoms with Gasteiger partial charge < -0.3 is 28.8 Å². The van der Waals surface area contributed by atoms with E-state index in [9.17, 15) is 19.4 Å². The second-order valence-corrected chi connectivity index (χ2v) is 21.0. The second kappa shape index (κ2) is 45.9. The van der Waals surface area contributed by atoms with E-state index in [-0.39, 0.29) is 12.5 Å². The Labute approximate surface area is 391 Å². The standard InChI is InChI=1S/C54H105N2O6P/c1-6-8-10-12-14-16-18-20-22-24-26-28-30-32-34-36-38-40-42-44-46-48-54(58)55-52(51-62-63(59,60)61-50-49-56(3,4)5)53(57)47-45-43-41-39-37-35-33-31-29-27-25-23-21-19-17-15-13-11-9-7-2/h24,26,37,39,45,47,52-53,57H,6-23,25,27-36,38,40-44,46,48-51H2,1-5H3,(H-,55,58,59,60)/b26-24-,39-37+,47-45+. The predicted octanol–water partition coefficient (Wildman–Crippen LogP) is 15.2. The van der Waals surface area contributed by atoms with Gasteiger partial charge in [0.15, 0.2) is 0 Å². The number of aliphatic hydroxyl groups excluding tert-OH is 1. The Morgan fingerprint density at radius 2 is 0.889 bits per heavy atom. The molecule has 0 aliphatic carbocycles. The third kappa shape index (κ3) is 48.5. The number of hydrogen-bond donors (Lipinski definition) is 2. The lowest BCUT2D eigenvalue weighted by molar-refractivity contribution is -0.870. The smallest absolute Gasteiger partial charge is 0.268 e.